The average molecular weight is 622 g/mol. The molecule has 1 N–H and O–H groups in total. The summed E-state index contributed by atoms with van der Waals surface area (Å²) in [5.74, 6) is -3.24. The monoisotopic (exact) mass is 621 g/mol. The summed E-state index contributed by atoms with van der Waals surface area (Å²) in [5, 5.41) is 14.4. The summed E-state index contributed by atoms with van der Waals surface area (Å²) in [5.41, 5.74) is 9.09. The van der Waals surface area contributed by atoms with E-state index >= 15 is 0 Å². The number of hydroxylamine groups is 2. The molecule has 2 amide bonds. The van der Waals surface area contributed by atoms with E-state index in [-0.39, 0.29) is 76.6 Å². The number of amides is 2. The molecule has 208 valence electrons. The Kier molecular flexibility index (Phi) is 12.5. The zero-order valence-electron chi connectivity index (χ0n) is 21.1. The predicted octanol–water partition coefficient (Wildman–Crippen LogP) is -1.41. The van der Waals surface area contributed by atoms with Gasteiger partial charge in [0.05, 0.1) is 12.8 Å². The van der Waals surface area contributed by atoms with Gasteiger partial charge in [-0.05, 0) is 30.0 Å². The minimum Gasteiger partial charge on any atom is -0.862 e. The number of carbonyl (C=O) groups is 3. The number of hydrogen-bond acceptors (Lipinski definition) is 13. The number of rotatable bonds is 12. The fourth-order valence-electron chi connectivity index (χ4n) is 3.42. The SMILES string of the molecule is Cc1c(CC([O-])=NCCSSCCC(=O)ON2C(=O)CC(S(=O)(=O)O)C2=O)c(=O)oc2cc(N=[N+]=[N-])ccc12.[Na+]. The van der Waals surface area contributed by atoms with Gasteiger partial charge in [-0.1, -0.05) is 38.8 Å². The van der Waals surface area contributed by atoms with Crippen molar-refractivity contribution in [1.82, 2.24) is 5.06 Å². The first-order chi connectivity index (χ1) is 18.4. The van der Waals surface area contributed by atoms with Crippen molar-refractivity contribution in [2.45, 2.75) is 31.4 Å². The summed E-state index contributed by atoms with van der Waals surface area (Å²) < 4.78 is 36.4. The van der Waals surface area contributed by atoms with Gasteiger partial charge in [0.2, 0.25) is 0 Å². The molecule has 1 atom stereocenters. The first kappa shape index (κ1) is 33.6. The van der Waals surface area contributed by atoms with E-state index in [2.05, 4.69) is 19.9 Å². The van der Waals surface area contributed by atoms with Crippen molar-refractivity contribution in [3.8, 4) is 0 Å². The van der Waals surface area contributed by atoms with E-state index < -0.39 is 51.1 Å². The van der Waals surface area contributed by atoms with Crippen molar-refractivity contribution in [2.24, 2.45) is 10.1 Å². The number of azide groups is 1. The maximum atomic E-state index is 12.4. The number of carbonyl (C=O) groups excluding carboxylic acids is 3. The number of benzene rings is 1. The van der Waals surface area contributed by atoms with Crippen LogP contribution in [0.5, 0.6) is 0 Å². The Morgan fingerprint density at radius 1 is 1.30 bits per heavy atom. The summed E-state index contributed by atoms with van der Waals surface area (Å²) in [7, 11) is -2.27. The molecule has 0 bridgehead atoms. The molecule has 1 aliphatic heterocycles. The number of aryl methyl sites for hydroxylation is 1. The number of nitrogens with zero attached hydrogens (tertiary/aromatic N) is 5. The van der Waals surface area contributed by atoms with E-state index in [0.29, 0.717) is 16.7 Å². The quantitative estimate of drug-likeness (QED) is 0.0246. The zero-order valence-corrected chi connectivity index (χ0v) is 25.6. The van der Waals surface area contributed by atoms with Crippen molar-refractivity contribution >= 4 is 72.0 Å². The summed E-state index contributed by atoms with van der Waals surface area (Å²) in [6.07, 6.45) is -1.27. The van der Waals surface area contributed by atoms with Gasteiger partial charge in [0, 0.05) is 46.0 Å². The molecule has 2 aromatic rings. The molecule has 1 aliphatic rings. The van der Waals surface area contributed by atoms with Crippen LogP contribution in [0.25, 0.3) is 21.4 Å². The topological polar surface area (TPSA) is 232 Å². The molecule has 0 radical (unpaired) electrons. The van der Waals surface area contributed by atoms with Crippen LogP contribution in [0.3, 0.4) is 0 Å². The second kappa shape index (κ2) is 14.9. The van der Waals surface area contributed by atoms with E-state index in [1.807, 2.05) is 0 Å². The molecular weight excluding hydrogens is 601 g/mol. The molecule has 40 heavy (non-hydrogen) atoms. The Bertz CT molecular complexity index is 1560. The molecule has 1 aromatic carbocycles. The van der Waals surface area contributed by atoms with Gasteiger partial charge >= 0.3 is 41.2 Å². The van der Waals surface area contributed by atoms with Gasteiger partial charge < -0.3 is 19.4 Å². The van der Waals surface area contributed by atoms with Crippen LogP contribution in [0.4, 0.5) is 5.69 Å². The van der Waals surface area contributed by atoms with E-state index in [9.17, 15) is 32.7 Å². The van der Waals surface area contributed by atoms with Crippen molar-refractivity contribution in [3.63, 3.8) is 0 Å². The molecule has 1 unspecified atom stereocenters. The first-order valence-corrected chi connectivity index (χ1v) is 15.0. The van der Waals surface area contributed by atoms with Crippen molar-refractivity contribution in [2.75, 3.05) is 18.1 Å². The van der Waals surface area contributed by atoms with Gasteiger partial charge in [0.25, 0.3) is 21.9 Å². The zero-order chi connectivity index (χ0) is 28.7. The third-order valence-electron chi connectivity index (χ3n) is 5.31. The summed E-state index contributed by atoms with van der Waals surface area (Å²) >= 11 is 0. The van der Waals surface area contributed by atoms with Gasteiger partial charge in [0.1, 0.15) is 5.58 Å². The van der Waals surface area contributed by atoms with Crippen LogP contribution in [0, 0.1) is 6.92 Å². The minimum atomic E-state index is -4.80. The molecule has 1 saturated heterocycles. The molecule has 3 rings (SSSR count). The molecular formula is C21H20N5NaO10S3. The van der Waals surface area contributed by atoms with E-state index in [1.165, 1.54) is 27.7 Å². The smallest absolute Gasteiger partial charge is 0.862 e. The van der Waals surface area contributed by atoms with Crippen LogP contribution in [-0.2, 0) is 35.8 Å². The van der Waals surface area contributed by atoms with Crippen molar-refractivity contribution < 1.29 is 71.3 Å². The van der Waals surface area contributed by atoms with Crippen LogP contribution in [0.15, 0.2) is 37.5 Å². The summed E-state index contributed by atoms with van der Waals surface area (Å²) in [6, 6.07) is 4.62. The molecule has 1 fully saturated rings. The van der Waals surface area contributed by atoms with E-state index in [4.69, 9.17) is 14.5 Å². The first-order valence-electron chi connectivity index (χ1n) is 11.0. The summed E-state index contributed by atoms with van der Waals surface area (Å²) in [6.45, 7) is 1.82. The van der Waals surface area contributed by atoms with E-state index in [0.717, 1.165) is 0 Å². The normalized spacial score (nSPS) is 15.6. The van der Waals surface area contributed by atoms with E-state index in [1.54, 1.807) is 19.1 Å². The van der Waals surface area contributed by atoms with Gasteiger partial charge in [-0.3, -0.25) is 14.1 Å². The standard InChI is InChI=1S/C21H21N5O10S3.Na/c1-11-13-3-2-12(24-25-22)8-15(13)35-21(31)14(11)9-17(27)23-5-7-38-37-6-4-19(29)36-26-18(28)10-16(20(26)30)39(32,33)34;/h2-3,8,16H,4-7,9-10H2,1H3,(H,23,27)(H,32,33,34);/q;+1/p-1. The molecule has 15 nitrogen and oxygen atoms in total. The molecule has 0 spiro atoms. The Morgan fingerprint density at radius 3 is 2.65 bits per heavy atom. The average Bonchev–Trinajstić information content (AvgIpc) is 3.14. The maximum absolute atomic E-state index is 12.4. The van der Waals surface area contributed by atoms with Gasteiger partial charge in [-0.2, -0.15) is 8.42 Å². The number of imide groups is 1. The van der Waals surface area contributed by atoms with Gasteiger partial charge in [-0.15, -0.1) is 5.06 Å². The van der Waals surface area contributed by atoms with Crippen LogP contribution >= 0.6 is 21.6 Å². The maximum Gasteiger partial charge on any atom is 1.00 e. The molecule has 1 aromatic heterocycles. The molecule has 2 heterocycles. The third kappa shape index (κ3) is 8.71. The summed E-state index contributed by atoms with van der Waals surface area (Å²) in [4.78, 5) is 59.0. The number of fused-ring (bicyclic) bond motifs is 1. The van der Waals surface area contributed by atoms with Crippen LogP contribution in [0.1, 0.15) is 24.0 Å². The van der Waals surface area contributed by atoms with Gasteiger partial charge in [0.15, 0.2) is 5.25 Å². The largest absolute Gasteiger partial charge is 1.00 e. The number of hydrogen-bond donors (Lipinski definition) is 1. The number of aliphatic imine (C=N–C) groups is 1. The fraction of sp³-hybridized carbons (Fsp3) is 0.381. The molecule has 0 saturated carbocycles. The fourth-order valence-corrected chi connectivity index (χ4v) is 5.95. The second-order valence-electron chi connectivity index (χ2n) is 7.91. The van der Waals surface area contributed by atoms with Crippen LogP contribution in [-0.4, -0.2) is 65.0 Å². The van der Waals surface area contributed by atoms with Crippen LogP contribution in [0.2, 0.25) is 0 Å². The van der Waals surface area contributed by atoms with Crippen molar-refractivity contribution in [3.05, 3.63) is 50.2 Å². The Hall–Kier alpha value is -2.57. The molecule has 19 heteroatoms. The second-order valence-corrected chi connectivity index (χ2v) is 12.2. The third-order valence-corrected chi connectivity index (χ3v) is 8.78. The van der Waals surface area contributed by atoms with Crippen molar-refractivity contribution in [1.29, 1.82) is 0 Å². The molecule has 0 aliphatic carbocycles. The predicted molar refractivity (Wildman–Crippen MR) is 139 cm³/mol. The van der Waals surface area contributed by atoms with Crippen LogP contribution < -0.4 is 40.3 Å². The van der Waals surface area contributed by atoms with Gasteiger partial charge in [-0.25, -0.2) is 9.59 Å². The Morgan fingerprint density at radius 2 is 2.00 bits per heavy atom. The minimum absolute atomic E-state index is 0. The Labute approximate surface area is 256 Å². The Balaban J connectivity index is 0.00000560.